The van der Waals surface area contributed by atoms with E-state index in [1.165, 1.54) is 21.0 Å². The SMILES string of the molecule is CCOC(=O)[C@H](F)COC[C@H](C)Nc1cnn(Cc2ccc(OC)cc2)c(=O)c1C(F)(F)F. The average molecular weight is 475 g/mol. The fraction of sp³-hybridized carbons (Fsp3) is 0.476. The van der Waals surface area contributed by atoms with Crippen LogP contribution in [0.4, 0.5) is 23.2 Å². The lowest BCUT2D eigenvalue weighted by Crippen LogP contribution is -2.34. The molecule has 0 bridgehead atoms. The summed E-state index contributed by atoms with van der Waals surface area (Å²) in [5.74, 6) is -0.519. The van der Waals surface area contributed by atoms with Crippen molar-refractivity contribution in [2.24, 2.45) is 0 Å². The van der Waals surface area contributed by atoms with Gasteiger partial charge in [0.05, 0.1) is 45.4 Å². The molecule has 0 aliphatic rings. The quantitative estimate of drug-likeness (QED) is 0.395. The number of esters is 1. The summed E-state index contributed by atoms with van der Waals surface area (Å²) in [6.07, 6.45) is -6.05. The van der Waals surface area contributed by atoms with E-state index >= 15 is 0 Å². The third kappa shape index (κ3) is 7.45. The van der Waals surface area contributed by atoms with Gasteiger partial charge in [-0.15, -0.1) is 0 Å². The number of anilines is 1. The number of nitrogens with zero attached hydrogens (tertiary/aromatic N) is 2. The van der Waals surface area contributed by atoms with E-state index < -0.39 is 47.8 Å². The van der Waals surface area contributed by atoms with Crippen molar-refractivity contribution in [1.29, 1.82) is 0 Å². The zero-order chi connectivity index (χ0) is 24.6. The van der Waals surface area contributed by atoms with E-state index in [2.05, 4.69) is 15.2 Å². The molecule has 182 valence electrons. The highest BCUT2D eigenvalue weighted by Gasteiger charge is 2.38. The standard InChI is InChI=1S/C21H25F4N3O5/c1-4-33-20(30)16(22)12-32-11-13(2)27-17-9-26-28(19(29)18(17)21(23,24)25)10-14-5-7-15(31-3)8-6-14/h5-9,13,16,27H,4,10-12H2,1-3H3/t13-,16+/m0/s1. The van der Waals surface area contributed by atoms with Crippen LogP contribution in [-0.4, -0.2) is 54.9 Å². The van der Waals surface area contributed by atoms with Gasteiger partial charge in [-0.3, -0.25) is 4.79 Å². The molecule has 12 heteroatoms. The Morgan fingerprint density at radius 2 is 1.88 bits per heavy atom. The Balaban J connectivity index is 2.12. The van der Waals surface area contributed by atoms with E-state index in [9.17, 15) is 27.2 Å². The lowest BCUT2D eigenvalue weighted by atomic mass is 10.2. The summed E-state index contributed by atoms with van der Waals surface area (Å²) in [5.41, 5.74) is -2.70. The minimum atomic E-state index is -4.95. The van der Waals surface area contributed by atoms with Crippen molar-refractivity contribution >= 4 is 11.7 Å². The molecule has 0 spiro atoms. The molecule has 0 saturated carbocycles. The number of methoxy groups -OCH3 is 1. The van der Waals surface area contributed by atoms with Crippen LogP contribution in [0, 0.1) is 0 Å². The van der Waals surface area contributed by atoms with Crippen LogP contribution >= 0.6 is 0 Å². The zero-order valence-corrected chi connectivity index (χ0v) is 18.3. The van der Waals surface area contributed by atoms with Crippen molar-refractivity contribution in [3.63, 3.8) is 0 Å². The van der Waals surface area contributed by atoms with Crippen LogP contribution in [0.1, 0.15) is 25.0 Å². The first-order valence-corrected chi connectivity index (χ1v) is 10.0. The van der Waals surface area contributed by atoms with Gasteiger partial charge in [-0.25, -0.2) is 13.9 Å². The van der Waals surface area contributed by atoms with Crippen molar-refractivity contribution < 1.29 is 36.6 Å². The number of ether oxygens (including phenoxy) is 3. The first kappa shape index (κ1) is 26.1. The molecule has 2 rings (SSSR count). The molecule has 1 N–H and O–H groups in total. The molecule has 2 aromatic rings. The number of alkyl halides is 4. The van der Waals surface area contributed by atoms with Crippen LogP contribution in [0.25, 0.3) is 0 Å². The molecule has 0 aliphatic heterocycles. The third-order valence-electron chi connectivity index (χ3n) is 4.40. The van der Waals surface area contributed by atoms with Gasteiger partial charge in [0.2, 0.25) is 6.17 Å². The van der Waals surface area contributed by atoms with E-state index in [0.29, 0.717) is 16.0 Å². The first-order chi connectivity index (χ1) is 15.6. The van der Waals surface area contributed by atoms with Gasteiger partial charge in [-0.2, -0.15) is 18.3 Å². The number of aromatic nitrogens is 2. The van der Waals surface area contributed by atoms with Crippen LogP contribution in [0.2, 0.25) is 0 Å². The lowest BCUT2D eigenvalue weighted by molar-refractivity contribution is -0.151. The Morgan fingerprint density at radius 1 is 1.21 bits per heavy atom. The fourth-order valence-corrected chi connectivity index (χ4v) is 2.84. The van der Waals surface area contributed by atoms with Crippen molar-refractivity contribution in [3.8, 4) is 5.75 Å². The molecule has 0 fully saturated rings. The summed E-state index contributed by atoms with van der Waals surface area (Å²) in [5, 5.41) is 6.36. The van der Waals surface area contributed by atoms with Crippen LogP contribution in [0.15, 0.2) is 35.3 Å². The number of hydrogen-bond donors (Lipinski definition) is 1. The van der Waals surface area contributed by atoms with Crippen molar-refractivity contribution in [2.75, 3.05) is 32.2 Å². The Morgan fingerprint density at radius 3 is 2.45 bits per heavy atom. The fourth-order valence-electron chi connectivity index (χ4n) is 2.84. The Labute approximate surface area is 187 Å². The number of nitrogens with one attached hydrogen (secondary N) is 1. The highest BCUT2D eigenvalue weighted by atomic mass is 19.4. The molecule has 1 aromatic carbocycles. The molecule has 0 unspecified atom stereocenters. The van der Waals surface area contributed by atoms with Crippen molar-refractivity contribution in [3.05, 3.63) is 51.9 Å². The Bertz CT molecular complexity index is 979. The number of hydrogen-bond acceptors (Lipinski definition) is 7. The molecular weight excluding hydrogens is 450 g/mol. The molecule has 0 saturated heterocycles. The lowest BCUT2D eigenvalue weighted by Gasteiger charge is -2.20. The smallest absolute Gasteiger partial charge is 0.423 e. The number of rotatable bonds is 11. The van der Waals surface area contributed by atoms with E-state index in [4.69, 9.17) is 9.47 Å². The van der Waals surface area contributed by atoms with Gasteiger partial charge in [0, 0.05) is 6.04 Å². The van der Waals surface area contributed by atoms with Crippen LogP contribution in [0.5, 0.6) is 5.75 Å². The van der Waals surface area contributed by atoms with Gasteiger partial charge in [0.15, 0.2) is 0 Å². The molecular formula is C21H25F4N3O5. The number of carbonyl (C=O) groups excluding carboxylic acids is 1. The summed E-state index contributed by atoms with van der Waals surface area (Å²) >= 11 is 0. The molecule has 0 radical (unpaired) electrons. The van der Waals surface area contributed by atoms with Gasteiger partial charge < -0.3 is 19.5 Å². The molecule has 1 heterocycles. The normalized spacial score (nSPS) is 13.3. The average Bonchev–Trinajstić information content (AvgIpc) is 2.75. The zero-order valence-electron chi connectivity index (χ0n) is 18.3. The third-order valence-corrected chi connectivity index (χ3v) is 4.40. The highest BCUT2D eigenvalue weighted by molar-refractivity contribution is 5.74. The number of benzene rings is 1. The van der Waals surface area contributed by atoms with Crippen LogP contribution in [0.3, 0.4) is 0 Å². The van der Waals surface area contributed by atoms with Crippen LogP contribution in [-0.2, 0) is 27.0 Å². The largest absolute Gasteiger partial charge is 0.497 e. The van der Waals surface area contributed by atoms with E-state index in [1.807, 2.05) is 0 Å². The summed E-state index contributed by atoms with van der Waals surface area (Å²) in [6.45, 7) is 1.99. The highest BCUT2D eigenvalue weighted by Crippen LogP contribution is 2.32. The Kier molecular flexibility index (Phi) is 9.21. The van der Waals surface area contributed by atoms with Crippen molar-refractivity contribution in [2.45, 2.75) is 38.8 Å². The minimum Gasteiger partial charge on any atom is -0.497 e. The summed E-state index contributed by atoms with van der Waals surface area (Å²) < 4.78 is 69.9. The molecule has 2 atom stereocenters. The predicted octanol–water partition coefficient (Wildman–Crippen LogP) is 3.04. The first-order valence-electron chi connectivity index (χ1n) is 10.0. The summed E-state index contributed by atoms with van der Waals surface area (Å²) in [7, 11) is 1.48. The molecule has 8 nitrogen and oxygen atoms in total. The summed E-state index contributed by atoms with van der Waals surface area (Å²) in [6, 6.07) is 5.71. The second kappa shape index (κ2) is 11.6. The number of carbonyl (C=O) groups is 1. The monoisotopic (exact) mass is 475 g/mol. The number of halogens is 4. The van der Waals surface area contributed by atoms with E-state index in [1.54, 1.807) is 24.3 Å². The second-order valence-corrected chi connectivity index (χ2v) is 7.04. The topological polar surface area (TPSA) is 91.7 Å². The van der Waals surface area contributed by atoms with Gasteiger partial charge >= 0.3 is 12.1 Å². The second-order valence-electron chi connectivity index (χ2n) is 7.04. The molecule has 33 heavy (non-hydrogen) atoms. The molecule has 0 amide bonds. The van der Waals surface area contributed by atoms with Gasteiger partial charge in [0.25, 0.3) is 5.56 Å². The van der Waals surface area contributed by atoms with Gasteiger partial charge in [-0.1, -0.05) is 12.1 Å². The van der Waals surface area contributed by atoms with Crippen LogP contribution < -0.4 is 15.6 Å². The van der Waals surface area contributed by atoms with E-state index in [-0.39, 0.29) is 19.8 Å². The molecule has 1 aromatic heterocycles. The maximum absolute atomic E-state index is 13.7. The summed E-state index contributed by atoms with van der Waals surface area (Å²) in [4.78, 5) is 23.8. The van der Waals surface area contributed by atoms with E-state index in [0.717, 1.165) is 6.20 Å². The van der Waals surface area contributed by atoms with Crippen molar-refractivity contribution in [1.82, 2.24) is 9.78 Å². The minimum absolute atomic E-state index is 0.00836. The maximum Gasteiger partial charge on any atom is 0.423 e. The predicted molar refractivity (Wildman–Crippen MR) is 111 cm³/mol. The Hall–Kier alpha value is -3.15. The molecule has 0 aliphatic carbocycles. The van der Waals surface area contributed by atoms with Gasteiger partial charge in [0.1, 0.15) is 11.3 Å². The maximum atomic E-state index is 13.7. The van der Waals surface area contributed by atoms with Gasteiger partial charge in [-0.05, 0) is 31.5 Å².